The quantitative estimate of drug-likeness (QED) is 0.272. The van der Waals surface area contributed by atoms with E-state index in [0.717, 1.165) is 27.6 Å². The molecule has 1 unspecified atom stereocenters. The molecule has 0 bridgehead atoms. The number of carbonyl (C=O) groups excluding carboxylic acids is 2. The van der Waals surface area contributed by atoms with E-state index in [1.165, 1.54) is 36.4 Å². The first kappa shape index (κ1) is 23.7. The number of aromatic hydroxyl groups is 1. The molecule has 36 heavy (non-hydrogen) atoms. The van der Waals surface area contributed by atoms with E-state index in [0.29, 0.717) is 11.0 Å². The maximum absolute atomic E-state index is 13.6. The number of anilines is 1. The minimum atomic E-state index is -4.68. The topological polar surface area (TPSA) is 91.0 Å². The van der Waals surface area contributed by atoms with Gasteiger partial charge in [0.2, 0.25) is 5.78 Å². The Kier molecular flexibility index (Phi) is 5.63. The van der Waals surface area contributed by atoms with E-state index < -0.39 is 35.2 Å². The SMILES string of the molecule is O=C(C1=C(O)C(=O)N(c2cccc(C(F)(F)F)c2)C1c1ccc(O)cc1)c1cc2cc(Br)ccc2o1. The Morgan fingerprint density at radius 1 is 0.972 bits per heavy atom. The highest BCUT2D eigenvalue weighted by Crippen LogP contribution is 2.44. The maximum atomic E-state index is 13.6. The summed E-state index contributed by atoms with van der Waals surface area (Å²) in [5.41, 5.74) is -0.858. The number of fused-ring (bicyclic) bond motifs is 1. The van der Waals surface area contributed by atoms with E-state index in [1.54, 1.807) is 18.2 Å². The van der Waals surface area contributed by atoms with E-state index in [1.807, 2.05) is 0 Å². The van der Waals surface area contributed by atoms with E-state index in [9.17, 15) is 33.0 Å². The Labute approximate surface area is 210 Å². The van der Waals surface area contributed by atoms with Crippen molar-refractivity contribution in [3.63, 3.8) is 0 Å². The summed E-state index contributed by atoms with van der Waals surface area (Å²) in [5.74, 6) is -3.02. The average Bonchev–Trinajstić information content (AvgIpc) is 3.37. The lowest BCUT2D eigenvalue weighted by Crippen LogP contribution is -2.31. The molecule has 1 amide bonds. The molecule has 0 radical (unpaired) electrons. The van der Waals surface area contributed by atoms with Crippen LogP contribution in [0.1, 0.15) is 27.7 Å². The number of nitrogens with zero attached hydrogens (tertiary/aromatic N) is 1. The highest BCUT2D eigenvalue weighted by Gasteiger charge is 2.46. The van der Waals surface area contributed by atoms with Gasteiger partial charge in [0.25, 0.3) is 5.91 Å². The summed E-state index contributed by atoms with van der Waals surface area (Å²) in [6, 6.07) is 14.7. The molecule has 182 valence electrons. The second-order valence-corrected chi connectivity index (χ2v) is 9.02. The third kappa shape index (κ3) is 4.03. The van der Waals surface area contributed by atoms with E-state index in [2.05, 4.69) is 15.9 Å². The minimum absolute atomic E-state index is 0.0994. The van der Waals surface area contributed by atoms with Crippen molar-refractivity contribution in [3.8, 4) is 5.75 Å². The molecule has 6 nitrogen and oxygen atoms in total. The number of phenolic OH excluding ortho intramolecular Hbond substituents is 1. The second-order valence-electron chi connectivity index (χ2n) is 8.10. The number of amides is 1. The molecular formula is C26H15BrF3NO5. The number of aliphatic hydroxyl groups is 1. The Balaban J connectivity index is 1.66. The van der Waals surface area contributed by atoms with Gasteiger partial charge in [0.05, 0.1) is 17.2 Å². The largest absolute Gasteiger partial charge is 0.508 e. The molecular weight excluding hydrogens is 543 g/mol. The van der Waals surface area contributed by atoms with Crippen LogP contribution in [-0.2, 0) is 11.0 Å². The molecule has 0 fully saturated rings. The van der Waals surface area contributed by atoms with Gasteiger partial charge in [-0.25, -0.2) is 0 Å². The van der Waals surface area contributed by atoms with Crippen molar-refractivity contribution in [1.29, 1.82) is 0 Å². The molecule has 4 aromatic rings. The number of benzene rings is 3. The van der Waals surface area contributed by atoms with Crippen LogP contribution < -0.4 is 4.90 Å². The van der Waals surface area contributed by atoms with Crippen molar-refractivity contribution in [3.05, 3.63) is 105 Å². The summed E-state index contributed by atoms with van der Waals surface area (Å²) in [6.07, 6.45) is -4.68. The van der Waals surface area contributed by atoms with Gasteiger partial charge in [0.1, 0.15) is 11.3 Å². The normalized spacial score (nSPS) is 16.3. The Morgan fingerprint density at radius 2 is 1.69 bits per heavy atom. The first-order chi connectivity index (χ1) is 17.0. The number of hydrogen-bond acceptors (Lipinski definition) is 5. The number of rotatable bonds is 4. The second kappa shape index (κ2) is 8.56. The Morgan fingerprint density at radius 3 is 2.39 bits per heavy atom. The Hall–Kier alpha value is -4.05. The molecule has 2 heterocycles. The first-order valence-corrected chi connectivity index (χ1v) is 11.3. The molecule has 1 atom stereocenters. The van der Waals surface area contributed by atoms with Crippen LogP contribution in [0.15, 0.2) is 93.0 Å². The molecule has 1 aliphatic heterocycles. The smallest absolute Gasteiger partial charge is 0.416 e. The van der Waals surface area contributed by atoms with Gasteiger partial charge >= 0.3 is 6.18 Å². The van der Waals surface area contributed by atoms with E-state index >= 15 is 0 Å². The third-order valence-electron chi connectivity index (χ3n) is 5.82. The predicted octanol–water partition coefficient (Wildman–Crippen LogP) is 6.70. The number of phenols is 1. The molecule has 0 saturated heterocycles. The fraction of sp³-hybridized carbons (Fsp3) is 0.0769. The minimum Gasteiger partial charge on any atom is -0.508 e. The summed E-state index contributed by atoms with van der Waals surface area (Å²) < 4.78 is 46.6. The lowest BCUT2D eigenvalue weighted by Gasteiger charge is -2.27. The predicted molar refractivity (Wildman–Crippen MR) is 128 cm³/mol. The maximum Gasteiger partial charge on any atom is 0.416 e. The summed E-state index contributed by atoms with van der Waals surface area (Å²) in [6.45, 7) is 0. The van der Waals surface area contributed by atoms with Crippen molar-refractivity contribution in [1.82, 2.24) is 0 Å². The summed E-state index contributed by atoms with van der Waals surface area (Å²) >= 11 is 3.33. The number of hydrogen-bond donors (Lipinski definition) is 2. The zero-order valence-corrected chi connectivity index (χ0v) is 19.7. The van der Waals surface area contributed by atoms with Crippen LogP contribution in [0.5, 0.6) is 5.75 Å². The van der Waals surface area contributed by atoms with Gasteiger partial charge in [-0.05, 0) is 60.2 Å². The van der Waals surface area contributed by atoms with Gasteiger partial charge in [0.15, 0.2) is 11.5 Å². The van der Waals surface area contributed by atoms with Crippen LogP contribution in [0, 0.1) is 0 Å². The lowest BCUT2D eigenvalue weighted by molar-refractivity contribution is -0.137. The van der Waals surface area contributed by atoms with Gasteiger partial charge in [-0.2, -0.15) is 13.2 Å². The van der Waals surface area contributed by atoms with Crippen molar-refractivity contribution < 1.29 is 37.4 Å². The standard InChI is InChI=1S/C26H15BrF3NO5/c27-16-6-9-19-14(10-16)11-20(36-19)23(33)21-22(13-4-7-18(32)8-5-13)31(25(35)24(21)34)17-3-1-2-15(12-17)26(28,29)30/h1-12,22,32,34H. The highest BCUT2D eigenvalue weighted by atomic mass is 79.9. The highest BCUT2D eigenvalue weighted by molar-refractivity contribution is 9.10. The van der Waals surface area contributed by atoms with Crippen LogP contribution >= 0.6 is 15.9 Å². The first-order valence-electron chi connectivity index (χ1n) is 10.5. The molecule has 1 aliphatic rings. The Bertz CT molecular complexity index is 1560. The van der Waals surface area contributed by atoms with Gasteiger partial charge < -0.3 is 14.6 Å². The molecule has 0 aliphatic carbocycles. The molecule has 1 aromatic heterocycles. The fourth-order valence-electron chi connectivity index (χ4n) is 4.17. The van der Waals surface area contributed by atoms with Gasteiger partial charge in [-0.3, -0.25) is 14.5 Å². The van der Waals surface area contributed by atoms with Crippen molar-refractivity contribution in [2.75, 3.05) is 4.90 Å². The van der Waals surface area contributed by atoms with E-state index in [-0.39, 0.29) is 28.3 Å². The van der Waals surface area contributed by atoms with Crippen LogP contribution in [0.4, 0.5) is 18.9 Å². The molecule has 2 N–H and O–H groups in total. The number of furan rings is 1. The number of Topliss-reactive ketones (excluding diaryl/α,β-unsaturated/α-hetero) is 1. The number of aliphatic hydroxyl groups excluding tert-OH is 1. The summed E-state index contributed by atoms with van der Waals surface area (Å²) in [7, 11) is 0. The number of ketones is 1. The number of halogens is 4. The van der Waals surface area contributed by atoms with Gasteiger partial charge in [-0.15, -0.1) is 0 Å². The van der Waals surface area contributed by atoms with Gasteiger partial charge in [-0.1, -0.05) is 34.1 Å². The summed E-state index contributed by atoms with van der Waals surface area (Å²) in [5, 5.41) is 21.1. The van der Waals surface area contributed by atoms with Crippen LogP contribution in [0.3, 0.4) is 0 Å². The molecule has 3 aromatic carbocycles. The molecule has 5 rings (SSSR count). The van der Waals surface area contributed by atoms with Crippen molar-refractivity contribution >= 4 is 44.3 Å². The van der Waals surface area contributed by atoms with Crippen LogP contribution in [0.2, 0.25) is 0 Å². The fourth-order valence-corrected chi connectivity index (χ4v) is 4.55. The third-order valence-corrected chi connectivity index (χ3v) is 6.31. The zero-order chi connectivity index (χ0) is 25.8. The molecule has 0 spiro atoms. The lowest BCUT2D eigenvalue weighted by atomic mass is 9.94. The summed E-state index contributed by atoms with van der Waals surface area (Å²) in [4.78, 5) is 27.7. The monoisotopic (exact) mass is 557 g/mol. The average molecular weight is 558 g/mol. The molecule has 0 saturated carbocycles. The molecule has 10 heteroatoms. The number of alkyl halides is 3. The van der Waals surface area contributed by atoms with Gasteiger partial charge in [0, 0.05) is 15.5 Å². The van der Waals surface area contributed by atoms with Crippen molar-refractivity contribution in [2.24, 2.45) is 0 Å². The zero-order valence-electron chi connectivity index (χ0n) is 18.1. The van der Waals surface area contributed by atoms with Crippen molar-refractivity contribution in [2.45, 2.75) is 12.2 Å². The van der Waals surface area contributed by atoms with Crippen LogP contribution in [0.25, 0.3) is 11.0 Å². The van der Waals surface area contributed by atoms with E-state index in [4.69, 9.17) is 4.42 Å². The number of carbonyl (C=O) groups is 2. The van der Waals surface area contributed by atoms with Crippen LogP contribution in [-0.4, -0.2) is 21.9 Å².